The van der Waals surface area contributed by atoms with E-state index in [4.69, 9.17) is 19.3 Å². The predicted molar refractivity (Wildman–Crippen MR) is 64.1 cm³/mol. The van der Waals surface area contributed by atoms with Crippen molar-refractivity contribution in [1.29, 1.82) is 0 Å². The van der Waals surface area contributed by atoms with E-state index >= 15 is 0 Å². The summed E-state index contributed by atoms with van der Waals surface area (Å²) in [7, 11) is 0. The predicted octanol–water partition coefficient (Wildman–Crippen LogP) is -1.75. The van der Waals surface area contributed by atoms with Crippen molar-refractivity contribution in [3.63, 3.8) is 0 Å². The van der Waals surface area contributed by atoms with Crippen molar-refractivity contribution in [1.82, 2.24) is 0 Å². The van der Waals surface area contributed by atoms with Crippen LogP contribution in [0.25, 0.3) is 0 Å². The largest absolute Gasteiger partial charge is 0.452 e. The molecule has 0 amide bonds. The molecular weight excluding hydrogens is 272 g/mol. The lowest BCUT2D eigenvalue weighted by atomic mass is 9.99. The Kier molecular flexibility index (Phi) is 5.83. The minimum Gasteiger partial charge on any atom is -0.452 e. The number of rotatable bonds is 5. The van der Waals surface area contributed by atoms with Crippen LogP contribution in [-0.2, 0) is 23.8 Å². The van der Waals surface area contributed by atoms with E-state index in [2.05, 4.69) is 13.2 Å². The number of esters is 2. The van der Waals surface area contributed by atoms with Gasteiger partial charge in [-0.2, -0.15) is 0 Å². The monoisotopic (exact) mass is 288 g/mol. The Morgan fingerprint density at radius 2 is 1.60 bits per heavy atom. The van der Waals surface area contributed by atoms with E-state index in [1.807, 2.05) is 0 Å². The van der Waals surface area contributed by atoms with Gasteiger partial charge in [0.25, 0.3) is 0 Å². The van der Waals surface area contributed by atoms with E-state index in [-0.39, 0.29) is 0 Å². The molecule has 5 atom stereocenters. The topological polar surface area (TPSA) is 123 Å². The molecule has 112 valence electrons. The molecule has 2 unspecified atom stereocenters. The van der Waals surface area contributed by atoms with Gasteiger partial charge in [0, 0.05) is 12.2 Å². The van der Waals surface area contributed by atoms with Gasteiger partial charge in [-0.05, 0) is 0 Å². The second-order valence-electron chi connectivity index (χ2n) is 3.95. The molecule has 1 saturated heterocycles. The van der Waals surface area contributed by atoms with Gasteiger partial charge in [-0.15, -0.1) is 0 Å². The van der Waals surface area contributed by atoms with E-state index in [1.165, 1.54) is 0 Å². The first-order valence-electron chi connectivity index (χ1n) is 5.73. The van der Waals surface area contributed by atoms with Crippen LogP contribution < -0.4 is 0 Å². The summed E-state index contributed by atoms with van der Waals surface area (Å²) in [5.41, 5.74) is 0. The van der Waals surface area contributed by atoms with E-state index in [1.54, 1.807) is 0 Å². The summed E-state index contributed by atoms with van der Waals surface area (Å²) in [6.07, 6.45) is -5.55. The SMILES string of the molecule is C=CC(=O)OC1[C@H](O)OC(CO)[C@H](O)[C@@H]1OC(=O)C=C. The second-order valence-corrected chi connectivity index (χ2v) is 3.95. The summed E-state index contributed by atoms with van der Waals surface area (Å²) < 4.78 is 14.5. The third-order valence-electron chi connectivity index (χ3n) is 2.65. The first-order chi connectivity index (χ1) is 9.44. The van der Waals surface area contributed by atoms with Crippen molar-refractivity contribution in [2.75, 3.05) is 6.61 Å². The smallest absolute Gasteiger partial charge is 0.330 e. The van der Waals surface area contributed by atoms with E-state index in [0.717, 1.165) is 12.2 Å². The lowest BCUT2D eigenvalue weighted by Crippen LogP contribution is -2.61. The zero-order chi connectivity index (χ0) is 15.3. The van der Waals surface area contributed by atoms with Crippen LogP contribution in [-0.4, -0.2) is 64.6 Å². The summed E-state index contributed by atoms with van der Waals surface area (Å²) in [4.78, 5) is 22.4. The molecule has 0 saturated carbocycles. The summed E-state index contributed by atoms with van der Waals surface area (Å²) in [6.45, 7) is 5.75. The molecule has 8 heteroatoms. The van der Waals surface area contributed by atoms with Gasteiger partial charge in [-0.1, -0.05) is 13.2 Å². The van der Waals surface area contributed by atoms with Gasteiger partial charge in [0.1, 0.15) is 12.2 Å². The van der Waals surface area contributed by atoms with Gasteiger partial charge in [-0.25, -0.2) is 9.59 Å². The molecule has 0 radical (unpaired) electrons. The van der Waals surface area contributed by atoms with Gasteiger partial charge >= 0.3 is 11.9 Å². The molecule has 0 aromatic carbocycles. The molecule has 1 rings (SSSR count). The van der Waals surface area contributed by atoms with Crippen LogP contribution in [0.1, 0.15) is 0 Å². The first kappa shape index (κ1) is 16.3. The maximum absolute atomic E-state index is 11.2. The Morgan fingerprint density at radius 3 is 2.05 bits per heavy atom. The van der Waals surface area contributed by atoms with Crippen molar-refractivity contribution in [3.8, 4) is 0 Å². The van der Waals surface area contributed by atoms with Gasteiger partial charge < -0.3 is 29.5 Å². The summed E-state index contributed by atoms with van der Waals surface area (Å²) in [5.74, 6) is -1.79. The standard InChI is InChI=1S/C12H16O8/c1-3-7(14)19-10-9(16)6(5-13)18-12(17)11(10)20-8(15)4-2/h3-4,6,9-13,16-17H,1-2,5H2/t6?,9-,10-,11?,12+/m0/s1. The highest BCUT2D eigenvalue weighted by molar-refractivity contribution is 5.82. The van der Waals surface area contributed by atoms with Crippen LogP contribution in [0.5, 0.6) is 0 Å². The van der Waals surface area contributed by atoms with Crippen molar-refractivity contribution >= 4 is 11.9 Å². The Balaban J connectivity index is 2.95. The minimum absolute atomic E-state index is 0.623. The van der Waals surface area contributed by atoms with Crippen LogP contribution in [0.4, 0.5) is 0 Å². The Bertz CT molecular complexity index is 393. The van der Waals surface area contributed by atoms with Gasteiger partial charge in [0.15, 0.2) is 18.5 Å². The summed E-state index contributed by atoms with van der Waals surface area (Å²) in [5, 5.41) is 28.7. The summed E-state index contributed by atoms with van der Waals surface area (Å²) in [6, 6.07) is 0. The highest BCUT2D eigenvalue weighted by Crippen LogP contribution is 2.25. The van der Waals surface area contributed by atoms with Crippen LogP contribution >= 0.6 is 0 Å². The average Bonchev–Trinajstić information content (AvgIpc) is 2.45. The van der Waals surface area contributed by atoms with Crippen LogP contribution in [0, 0.1) is 0 Å². The molecule has 0 aliphatic carbocycles. The molecule has 0 spiro atoms. The summed E-state index contributed by atoms with van der Waals surface area (Å²) >= 11 is 0. The van der Waals surface area contributed by atoms with Crippen molar-refractivity contribution in [3.05, 3.63) is 25.3 Å². The molecule has 20 heavy (non-hydrogen) atoms. The average molecular weight is 288 g/mol. The van der Waals surface area contributed by atoms with Gasteiger partial charge in [0.05, 0.1) is 6.61 Å². The molecule has 1 aliphatic heterocycles. The zero-order valence-electron chi connectivity index (χ0n) is 10.5. The molecular formula is C12H16O8. The molecule has 3 N–H and O–H groups in total. The van der Waals surface area contributed by atoms with Crippen LogP contribution in [0.2, 0.25) is 0 Å². The quantitative estimate of drug-likeness (QED) is 0.402. The highest BCUT2D eigenvalue weighted by Gasteiger charge is 2.48. The number of hydrogen-bond donors (Lipinski definition) is 3. The molecule has 0 aromatic heterocycles. The zero-order valence-corrected chi connectivity index (χ0v) is 10.5. The van der Waals surface area contributed by atoms with E-state index < -0.39 is 49.3 Å². The lowest BCUT2D eigenvalue weighted by Gasteiger charge is -2.40. The van der Waals surface area contributed by atoms with Crippen LogP contribution in [0.3, 0.4) is 0 Å². The number of ether oxygens (including phenoxy) is 3. The van der Waals surface area contributed by atoms with Crippen molar-refractivity contribution in [2.24, 2.45) is 0 Å². The molecule has 0 bridgehead atoms. The normalized spacial score (nSPS) is 33.0. The third-order valence-corrected chi connectivity index (χ3v) is 2.65. The molecule has 1 heterocycles. The van der Waals surface area contributed by atoms with Crippen molar-refractivity contribution in [2.45, 2.75) is 30.7 Å². The maximum atomic E-state index is 11.2. The lowest BCUT2D eigenvalue weighted by molar-refractivity contribution is -0.292. The van der Waals surface area contributed by atoms with Gasteiger partial charge in [0.2, 0.25) is 0 Å². The Hall–Kier alpha value is -1.74. The fourth-order valence-electron chi connectivity index (χ4n) is 1.68. The number of carbonyl (C=O) groups is 2. The van der Waals surface area contributed by atoms with E-state index in [0.29, 0.717) is 0 Å². The number of aliphatic hydroxyl groups is 3. The molecule has 0 aromatic rings. The Morgan fingerprint density at radius 1 is 1.10 bits per heavy atom. The second kappa shape index (κ2) is 7.15. The fraction of sp³-hybridized carbons (Fsp3) is 0.500. The minimum atomic E-state index is -1.68. The number of hydrogen-bond acceptors (Lipinski definition) is 8. The Labute approximate surface area is 114 Å². The van der Waals surface area contributed by atoms with Gasteiger partial charge in [-0.3, -0.25) is 0 Å². The molecule has 1 aliphatic rings. The molecule has 1 fully saturated rings. The van der Waals surface area contributed by atoms with Crippen molar-refractivity contribution < 1.29 is 39.1 Å². The first-order valence-corrected chi connectivity index (χ1v) is 5.73. The molecule has 8 nitrogen and oxygen atoms in total. The number of aliphatic hydroxyl groups excluding tert-OH is 3. The third kappa shape index (κ3) is 3.64. The fourth-order valence-corrected chi connectivity index (χ4v) is 1.68. The van der Waals surface area contributed by atoms with Crippen LogP contribution in [0.15, 0.2) is 25.3 Å². The number of carbonyl (C=O) groups excluding carboxylic acids is 2. The maximum Gasteiger partial charge on any atom is 0.330 e. The highest BCUT2D eigenvalue weighted by atomic mass is 16.7. The van der Waals surface area contributed by atoms with E-state index in [9.17, 15) is 19.8 Å².